The van der Waals surface area contributed by atoms with Gasteiger partial charge >= 0.3 is 0 Å². The van der Waals surface area contributed by atoms with Crippen LogP contribution in [0.25, 0.3) is 16.8 Å². The Morgan fingerprint density at radius 1 is 1.07 bits per heavy atom. The Hall–Kier alpha value is -3.87. The molecule has 28 heavy (non-hydrogen) atoms. The Balaban J connectivity index is 1.64. The smallest absolute Gasteiger partial charge is 0.251 e. The molecule has 2 aromatic heterocycles. The number of pyridine rings is 1. The molecular formula is C21H20N6O. The standard InChI is InChI=1S/C21H20N6O/c1-2-23-20(28)15-7-5-6-14(12-15)16-10-11-19-25-21(26-27(19)13-16)24-18-9-4-3-8-17(18)22/h3-13H,2,22H2,1H3,(H,23,28)(H,24,26). The molecule has 0 atom stereocenters. The van der Waals surface area contributed by atoms with E-state index in [0.717, 1.165) is 16.8 Å². The number of amides is 1. The number of nitrogen functional groups attached to an aromatic ring is 1. The van der Waals surface area contributed by atoms with Crippen LogP contribution in [-0.4, -0.2) is 27.0 Å². The molecule has 4 N–H and O–H groups in total. The summed E-state index contributed by atoms with van der Waals surface area (Å²) < 4.78 is 1.70. The third-order valence-electron chi connectivity index (χ3n) is 4.33. The van der Waals surface area contributed by atoms with Crippen LogP contribution < -0.4 is 16.4 Å². The van der Waals surface area contributed by atoms with E-state index in [9.17, 15) is 4.79 Å². The number of nitrogens with one attached hydrogen (secondary N) is 2. The quantitative estimate of drug-likeness (QED) is 0.466. The van der Waals surface area contributed by atoms with E-state index >= 15 is 0 Å². The fourth-order valence-electron chi connectivity index (χ4n) is 2.94. The number of nitrogens with two attached hydrogens (primary N) is 1. The van der Waals surface area contributed by atoms with E-state index in [0.29, 0.717) is 29.4 Å². The molecule has 2 heterocycles. The number of carbonyl (C=O) groups is 1. The fourth-order valence-corrected chi connectivity index (χ4v) is 2.94. The molecule has 0 radical (unpaired) electrons. The summed E-state index contributed by atoms with van der Waals surface area (Å²) in [6.45, 7) is 2.49. The van der Waals surface area contributed by atoms with E-state index in [4.69, 9.17) is 5.73 Å². The van der Waals surface area contributed by atoms with Crippen molar-refractivity contribution in [3.63, 3.8) is 0 Å². The summed E-state index contributed by atoms with van der Waals surface area (Å²) >= 11 is 0. The summed E-state index contributed by atoms with van der Waals surface area (Å²) in [6.07, 6.45) is 1.89. The minimum atomic E-state index is -0.0851. The maximum atomic E-state index is 12.1. The topological polar surface area (TPSA) is 97.3 Å². The van der Waals surface area contributed by atoms with Gasteiger partial charge in [-0.25, -0.2) is 4.52 Å². The van der Waals surface area contributed by atoms with Crippen LogP contribution in [-0.2, 0) is 0 Å². The van der Waals surface area contributed by atoms with Crippen molar-refractivity contribution < 1.29 is 4.79 Å². The van der Waals surface area contributed by atoms with Gasteiger partial charge in [-0.1, -0.05) is 24.3 Å². The summed E-state index contributed by atoms with van der Waals surface area (Å²) in [5.74, 6) is 0.379. The van der Waals surface area contributed by atoms with Gasteiger partial charge in [0.15, 0.2) is 5.65 Å². The van der Waals surface area contributed by atoms with E-state index in [1.165, 1.54) is 0 Å². The third-order valence-corrected chi connectivity index (χ3v) is 4.33. The first-order valence-corrected chi connectivity index (χ1v) is 9.00. The molecule has 0 aliphatic rings. The van der Waals surface area contributed by atoms with Crippen LogP contribution in [0.5, 0.6) is 0 Å². The molecule has 0 saturated heterocycles. The first-order valence-electron chi connectivity index (χ1n) is 9.00. The van der Waals surface area contributed by atoms with E-state index in [1.54, 1.807) is 10.6 Å². The van der Waals surface area contributed by atoms with Crippen LogP contribution in [0, 0.1) is 0 Å². The molecule has 0 fully saturated rings. The largest absolute Gasteiger partial charge is 0.397 e. The minimum absolute atomic E-state index is 0.0851. The van der Waals surface area contributed by atoms with Crippen molar-refractivity contribution in [3.05, 3.63) is 72.4 Å². The molecule has 7 nitrogen and oxygen atoms in total. The highest BCUT2D eigenvalue weighted by Gasteiger charge is 2.09. The van der Waals surface area contributed by atoms with Crippen LogP contribution in [0.15, 0.2) is 66.9 Å². The highest BCUT2D eigenvalue weighted by atomic mass is 16.1. The van der Waals surface area contributed by atoms with Gasteiger partial charge in [0, 0.05) is 23.9 Å². The number of para-hydroxylation sites is 2. The average Bonchev–Trinajstić information content (AvgIpc) is 3.11. The summed E-state index contributed by atoms with van der Waals surface area (Å²) in [5.41, 5.74) is 10.6. The van der Waals surface area contributed by atoms with Gasteiger partial charge in [0.25, 0.3) is 5.91 Å². The highest BCUT2D eigenvalue weighted by molar-refractivity contribution is 5.95. The number of hydrogen-bond donors (Lipinski definition) is 3. The van der Waals surface area contributed by atoms with Gasteiger partial charge in [0.1, 0.15) is 0 Å². The molecular weight excluding hydrogens is 352 g/mol. The maximum absolute atomic E-state index is 12.1. The number of benzene rings is 2. The first-order chi connectivity index (χ1) is 13.6. The van der Waals surface area contributed by atoms with Gasteiger partial charge in [-0.15, -0.1) is 5.10 Å². The summed E-state index contributed by atoms with van der Waals surface area (Å²) in [4.78, 5) is 16.6. The molecule has 4 aromatic rings. The number of fused-ring (bicyclic) bond motifs is 1. The zero-order chi connectivity index (χ0) is 19.5. The van der Waals surface area contributed by atoms with Gasteiger partial charge in [0.2, 0.25) is 5.95 Å². The van der Waals surface area contributed by atoms with Gasteiger partial charge in [0.05, 0.1) is 11.4 Å². The molecule has 1 amide bonds. The first kappa shape index (κ1) is 17.5. The second-order valence-corrected chi connectivity index (χ2v) is 6.31. The van der Waals surface area contributed by atoms with E-state index < -0.39 is 0 Å². The molecule has 0 spiro atoms. The summed E-state index contributed by atoms with van der Waals surface area (Å²) in [6, 6.07) is 18.8. The van der Waals surface area contributed by atoms with Gasteiger partial charge in [-0.2, -0.15) is 4.98 Å². The van der Waals surface area contributed by atoms with Crippen LogP contribution in [0.1, 0.15) is 17.3 Å². The summed E-state index contributed by atoms with van der Waals surface area (Å²) in [7, 11) is 0. The average molecular weight is 372 g/mol. The van der Waals surface area contributed by atoms with Crippen molar-refractivity contribution >= 4 is 28.9 Å². The van der Waals surface area contributed by atoms with Crippen molar-refractivity contribution in [2.24, 2.45) is 0 Å². The SMILES string of the molecule is CCNC(=O)c1cccc(-c2ccc3nc(Nc4ccccc4N)nn3c2)c1. The van der Waals surface area contributed by atoms with Crippen molar-refractivity contribution in [2.75, 3.05) is 17.6 Å². The zero-order valence-corrected chi connectivity index (χ0v) is 15.4. The van der Waals surface area contributed by atoms with E-state index in [-0.39, 0.29) is 5.91 Å². The number of carbonyl (C=O) groups excluding carboxylic acids is 1. The van der Waals surface area contributed by atoms with Crippen molar-refractivity contribution in [3.8, 4) is 11.1 Å². The highest BCUT2D eigenvalue weighted by Crippen LogP contribution is 2.23. The lowest BCUT2D eigenvalue weighted by atomic mass is 10.0. The van der Waals surface area contributed by atoms with Crippen LogP contribution in [0.2, 0.25) is 0 Å². The van der Waals surface area contributed by atoms with Gasteiger partial charge < -0.3 is 16.4 Å². The normalized spacial score (nSPS) is 10.8. The Labute approximate surface area is 162 Å². The van der Waals surface area contributed by atoms with E-state index in [2.05, 4.69) is 20.7 Å². The molecule has 0 unspecified atom stereocenters. The lowest BCUT2D eigenvalue weighted by Gasteiger charge is -2.06. The lowest BCUT2D eigenvalue weighted by Crippen LogP contribution is -2.22. The minimum Gasteiger partial charge on any atom is -0.397 e. The monoisotopic (exact) mass is 372 g/mol. The van der Waals surface area contributed by atoms with Gasteiger partial charge in [-0.05, 0) is 48.9 Å². The number of anilines is 3. The zero-order valence-electron chi connectivity index (χ0n) is 15.4. The third kappa shape index (κ3) is 3.50. The fraction of sp³-hybridized carbons (Fsp3) is 0.0952. The Kier molecular flexibility index (Phi) is 4.63. The lowest BCUT2D eigenvalue weighted by molar-refractivity contribution is 0.0956. The number of nitrogens with zero attached hydrogens (tertiary/aromatic N) is 3. The summed E-state index contributed by atoms with van der Waals surface area (Å²) in [5, 5.41) is 10.4. The Bertz CT molecular complexity index is 1150. The van der Waals surface area contributed by atoms with Crippen LogP contribution in [0.4, 0.5) is 17.3 Å². The molecule has 4 rings (SSSR count). The predicted molar refractivity (Wildman–Crippen MR) is 111 cm³/mol. The van der Waals surface area contributed by atoms with Crippen molar-refractivity contribution in [1.82, 2.24) is 19.9 Å². The molecule has 0 saturated carbocycles. The molecule has 140 valence electrons. The molecule has 2 aromatic carbocycles. The second-order valence-electron chi connectivity index (χ2n) is 6.31. The Morgan fingerprint density at radius 2 is 1.93 bits per heavy atom. The molecule has 0 aliphatic carbocycles. The number of hydrogen-bond acceptors (Lipinski definition) is 5. The van der Waals surface area contributed by atoms with Crippen LogP contribution in [0.3, 0.4) is 0 Å². The van der Waals surface area contributed by atoms with E-state index in [1.807, 2.05) is 67.7 Å². The van der Waals surface area contributed by atoms with Crippen molar-refractivity contribution in [1.29, 1.82) is 0 Å². The molecule has 7 heteroatoms. The second kappa shape index (κ2) is 7.40. The Morgan fingerprint density at radius 3 is 2.75 bits per heavy atom. The number of aromatic nitrogens is 3. The van der Waals surface area contributed by atoms with Crippen molar-refractivity contribution in [2.45, 2.75) is 6.92 Å². The van der Waals surface area contributed by atoms with Crippen LogP contribution >= 0.6 is 0 Å². The number of rotatable bonds is 5. The molecule has 0 aliphatic heterocycles. The predicted octanol–water partition coefficient (Wildman–Crippen LogP) is 3.47. The van der Waals surface area contributed by atoms with Gasteiger partial charge in [-0.3, -0.25) is 4.79 Å². The molecule has 0 bridgehead atoms. The maximum Gasteiger partial charge on any atom is 0.251 e.